The predicted octanol–water partition coefficient (Wildman–Crippen LogP) is 3.94. The van der Waals surface area contributed by atoms with Gasteiger partial charge in [0.05, 0.1) is 22.8 Å². The molecular formula is C17H18Cl2N2O4S. The lowest BCUT2D eigenvalue weighted by Gasteiger charge is -2.14. The van der Waals surface area contributed by atoms with Gasteiger partial charge in [-0.05, 0) is 44.2 Å². The molecule has 26 heavy (non-hydrogen) atoms. The second kappa shape index (κ2) is 8.26. The number of amides is 1. The van der Waals surface area contributed by atoms with E-state index in [0.29, 0.717) is 0 Å². The number of anilines is 1. The molecule has 0 aliphatic carbocycles. The largest absolute Gasteiger partial charge is 0.495 e. The van der Waals surface area contributed by atoms with E-state index >= 15 is 0 Å². The SMILES string of the molecule is COc1ccc(C(=O)Nc2c(Cl)cccc2Cl)cc1S(=O)(=O)NC(C)C. The highest BCUT2D eigenvalue weighted by Crippen LogP contribution is 2.31. The van der Waals surface area contributed by atoms with Crippen LogP contribution < -0.4 is 14.8 Å². The Hall–Kier alpha value is -1.80. The maximum atomic E-state index is 12.5. The highest BCUT2D eigenvalue weighted by atomic mass is 35.5. The lowest BCUT2D eigenvalue weighted by molar-refractivity contribution is 0.102. The number of ether oxygens (including phenoxy) is 1. The first-order valence-electron chi connectivity index (χ1n) is 7.61. The third-order valence-electron chi connectivity index (χ3n) is 3.31. The van der Waals surface area contributed by atoms with E-state index in [-0.39, 0.29) is 38.0 Å². The van der Waals surface area contributed by atoms with E-state index in [0.717, 1.165) is 0 Å². The first-order chi connectivity index (χ1) is 12.2. The molecule has 0 aliphatic rings. The van der Waals surface area contributed by atoms with Gasteiger partial charge in [-0.3, -0.25) is 4.79 Å². The van der Waals surface area contributed by atoms with Crippen LogP contribution in [0.2, 0.25) is 10.0 Å². The number of hydrogen-bond acceptors (Lipinski definition) is 4. The third-order valence-corrected chi connectivity index (χ3v) is 5.62. The van der Waals surface area contributed by atoms with Gasteiger partial charge in [-0.2, -0.15) is 0 Å². The summed E-state index contributed by atoms with van der Waals surface area (Å²) in [5.74, 6) is -0.422. The van der Waals surface area contributed by atoms with E-state index in [1.807, 2.05) is 0 Å². The van der Waals surface area contributed by atoms with E-state index in [1.165, 1.54) is 25.3 Å². The standard InChI is InChI=1S/C17H18Cl2N2O4S/c1-10(2)21-26(23,24)15-9-11(7-8-14(15)25-3)17(22)20-16-12(18)5-4-6-13(16)19/h4-10,21H,1-3H3,(H,20,22). The fraction of sp³-hybridized carbons (Fsp3) is 0.235. The number of methoxy groups -OCH3 is 1. The van der Waals surface area contributed by atoms with Gasteiger partial charge >= 0.3 is 0 Å². The molecule has 0 saturated heterocycles. The predicted molar refractivity (Wildman–Crippen MR) is 103 cm³/mol. The number of hydrogen-bond donors (Lipinski definition) is 2. The monoisotopic (exact) mass is 416 g/mol. The minimum absolute atomic E-state index is 0.117. The van der Waals surface area contributed by atoms with Crippen LogP contribution in [-0.4, -0.2) is 27.5 Å². The van der Waals surface area contributed by atoms with Gasteiger partial charge in [0.15, 0.2) is 0 Å². The van der Waals surface area contributed by atoms with Gasteiger partial charge in [-0.15, -0.1) is 0 Å². The Balaban J connectivity index is 2.42. The number of carbonyl (C=O) groups is 1. The van der Waals surface area contributed by atoms with Crippen molar-refractivity contribution in [3.05, 3.63) is 52.0 Å². The fourth-order valence-electron chi connectivity index (χ4n) is 2.20. The van der Waals surface area contributed by atoms with Gasteiger partial charge in [-0.1, -0.05) is 29.3 Å². The summed E-state index contributed by atoms with van der Waals surface area (Å²) in [5.41, 5.74) is 0.368. The molecule has 9 heteroatoms. The van der Waals surface area contributed by atoms with Crippen molar-refractivity contribution in [2.75, 3.05) is 12.4 Å². The van der Waals surface area contributed by atoms with E-state index in [9.17, 15) is 13.2 Å². The number of rotatable bonds is 6. The van der Waals surface area contributed by atoms with Gasteiger partial charge in [0, 0.05) is 11.6 Å². The van der Waals surface area contributed by atoms with Gasteiger partial charge in [0.2, 0.25) is 10.0 Å². The topological polar surface area (TPSA) is 84.5 Å². The Labute approximate surface area is 162 Å². The second-order valence-electron chi connectivity index (χ2n) is 5.69. The molecule has 0 atom stereocenters. The number of sulfonamides is 1. The first-order valence-corrected chi connectivity index (χ1v) is 9.85. The normalized spacial score (nSPS) is 11.5. The molecular weight excluding hydrogens is 399 g/mol. The highest BCUT2D eigenvalue weighted by molar-refractivity contribution is 7.89. The minimum Gasteiger partial charge on any atom is -0.495 e. The summed E-state index contributed by atoms with van der Waals surface area (Å²) in [6, 6.07) is 8.60. The zero-order valence-corrected chi connectivity index (χ0v) is 16.7. The average molecular weight is 417 g/mol. The van der Waals surface area contributed by atoms with Crippen LogP contribution in [0.4, 0.5) is 5.69 Å². The lowest BCUT2D eigenvalue weighted by Crippen LogP contribution is -2.30. The van der Waals surface area contributed by atoms with Crippen LogP contribution in [0.3, 0.4) is 0 Å². The van der Waals surface area contributed by atoms with Crippen LogP contribution in [0.15, 0.2) is 41.3 Å². The fourth-order valence-corrected chi connectivity index (χ4v) is 4.14. The number of halogens is 2. The summed E-state index contributed by atoms with van der Waals surface area (Å²) in [7, 11) is -2.50. The summed E-state index contributed by atoms with van der Waals surface area (Å²) >= 11 is 12.1. The number of carbonyl (C=O) groups excluding carboxylic acids is 1. The molecule has 0 saturated carbocycles. The molecule has 1 amide bonds. The summed E-state index contributed by atoms with van der Waals surface area (Å²) in [6.45, 7) is 3.39. The van der Waals surface area contributed by atoms with Crippen molar-refractivity contribution in [3.63, 3.8) is 0 Å². The van der Waals surface area contributed by atoms with Gasteiger partial charge in [0.25, 0.3) is 5.91 Å². The Kier molecular flexibility index (Phi) is 6.52. The van der Waals surface area contributed by atoms with Crippen LogP contribution in [-0.2, 0) is 10.0 Å². The van der Waals surface area contributed by atoms with Crippen LogP contribution in [0.1, 0.15) is 24.2 Å². The molecule has 2 aromatic rings. The van der Waals surface area contributed by atoms with Crippen LogP contribution >= 0.6 is 23.2 Å². The third kappa shape index (κ3) is 4.67. The molecule has 0 radical (unpaired) electrons. The van der Waals surface area contributed by atoms with Crippen LogP contribution in [0.5, 0.6) is 5.75 Å². The van der Waals surface area contributed by atoms with Crippen molar-refractivity contribution in [1.29, 1.82) is 0 Å². The molecule has 0 fully saturated rings. The average Bonchev–Trinajstić information content (AvgIpc) is 2.56. The summed E-state index contributed by atoms with van der Waals surface area (Å²) in [6.07, 6.45) is 0. The van der Waals surface area contributed by atoms with Gasteiger partial charge < -0.3 is 10.1 Å². The number of para-hydroxylation sites is 1. The zero-order chi connectivity index (χ0) is 19.5. The number of nitrogens with one attached hydrogen (secondary N) is 2. The van der Waals surface area contributed by atoms with E-state index in [4.69, 9.17) is 27.9 Å². The van der Waals surface area contributed by atoms with E-state index in [2.05, 4.69) is 10.0 Å². The molecule has 0 aliphatic heterocycles. The summed E-state index contributed by atoms with van der Waals surface area (Å²) < 4.78 is 32.6. The molecule has 6 nitrogen and oxygen atoms in total. The lowest BCUT2D eigenvalue weighted by atomic mass is 10.2. The molecule has 2 rings (SSSR count). The molecule has 0 unspecified atom stereocenters. The molecule has 0 heterocycles. The summed E-state index contributed by atoms with van der Waals surface area (Å²) in [4.78, 5) is 12.4. The Morgan fingerprint density at radius 2 is 1.73 bits per heavy atom. The van der Waals surface area contributed by atoms with Gasteiger partial charge in [-0.25, -0.2) is 13.1 Å². The summed E-state index contributed by atoms with van der Waals surface area (Å²) in [5, 5.41) is 3.14. The molecule has 2 aromatic carbocycles. The quantitative estimate of drug-likeness (QED) is 0.746. The maximum absolute atomic E-state index is 12.5. The highest BCUT2D eigenvalue weighted by Gasteiger charge is 2.23. The van der Waals surface area contributed by atoms with Crippen molar-refractivity contribution >= 4 is 44.8 Å². The maximum Gasteiger partial charge on any atom is 0.255 e. The van der Waals surface area contributed by atoms with Crippen LogP contribution in [0, 0.1) is 0 Å². The molecule has 0 spiro atoms. The van der Waals surface area contributed by atoms with Gasteiger partial charge in [0.1, 0.15) is 10.6 Å². The van der Waals surface area contributed by atoms with E-state index in [1.54, 1.807) is 32.0 Å². The molecule has 140 valence electrons. The Morgan fingerprint density at radius 1 is 1.12 bits per heavy atom. The first kappa shape index (κ1) is 20.5. The minimum atomic E-state index is -3.85. The Morgan fingerprint density at radius 3 is 2.27 bits per heavy atom. The molecule has 2 N–H and O–H groups in total. The van der Waals surface area contributed by atoms with Crippen molar-refractivity contribution in [1.82, 2.24) is 4.72 Å². The zero-order valence-electron chi connectivity index (χ0n) is 14.3. The second-order valence-corrected chi connectivity index (χ2v) is 8.19. The number of benzene rings is 2. The van der Waals surface area contributed by atoms with E-state index < -0.39 is 15.9 Å². The molecule has 0 bridgehead atoms. The molecule has 0 aromatic heterocycles. The smallest absolute Gasteiger partial charge is 0.255 e. The van der Waals surface area contributed by atoms with Crippen LogP contribution in [0.25, 0.3) is 0 Å². The van der Waals surface area contributed by atoms with Crippen molar-refractivity contribution in [2.45, 2.75) is 24.8 Å². The van der Waals surface area contributed by atoms with Crippen molar-refractivity contribution < 1.29 is 17.9 Å². The van der Waals surface area contributed by atoms with Crippen molar-refractivity contribution in [2.24, 2.45) is 0 Å². The Bertz CT molecular complexity index is 910. The van der Waals surface area contributed by atoms with Crippen molar-refractivity contribution in [3.8, 4) is 5.75 Å².